The van der Waals surface area contributed by atoms with Gasteiger partial charge in [-0.05, 0) is 48.6 Å². The Labute approximate surface area is 117 Å². The molecule has 0 radical (unpaired) electrons. The van der Waals surface area contributed by atoms with Gasteiger partial charge in [-0.2, -0.15) is 0 Å². The Bertz CT molecular complexity index is 767. The minimum absolute atomic E-state index is 0.193. The molecule has 2 aromatic carbocycles. The predicted molar refractivity (Wildman–Crippen MR) is 76.3 cm³/mol. The first-order chi connectivity index (χ1) is 9.65. The quantitative estimate of drug-likeness (QED) is 0.667. The Morgan fingerprint density at radius 3 is 2.50 bits per heavy atom. The third-order valence-corrected chi connectivity index (χ3v) is 2.52. The third-order valence-electron chi connectivity index (χ3n) is 2.52. The molecule has 0 saturated heterocycles. The van der Waals surface area contributed by atoms with Crippen molar-refractivity contribution in [3.05, 3.63) is 71.0 Å². The van der Waals surface area contributed by atoms with Crippen LogP contribution in [0.2, 0.25) is 0 Å². The molecule has 0 aliphatic carbocycles. The van der Waals surface area contributed by atoms with Crippen LogP contribution in [-0.4, -0.2) is 5.78 Å². The molecule has 0 spiro atoms. The van der Waals surface area contributed by atoms with E-state index in [1.807, 2.05) is 31.2 Å². The highest BCUT2D eigenvalue weighted by Gasteiger charge is 1.96. The van der Waals surface area contributed by atoms with E-state index in [1.54, 1.807) is 12.1 Å². The summed E-state index contributed by atoms with van der Waals surface area (Å²) < 4.78 is 13.3. The van der Waals surface area contributed by atoms with E-state index in [9.17, 15) is 9.18 Å². The number of hydrogen-bond acceptors (Lipinski definition) is 1. The normalized spacial score (nSPS) is 8.90. The van der Waals surface area contributed by atoms with Gasteiger partial charge in [0.2, 0.25) is 0 Å². The lowest BCUT2D eigenvalue weighted by Gasteiger charge is -1.91. The molecule has 20 heavy (non-hydrogen) atoms. The molecule has 0 aliphatic heterocycles. The fraction of sp³-hybridized carbons (Fsp3) is 0.0556. The number of carbonyl (C=O) groups is 1. The molecule has 0 atom stereocenters. The molecule has 1 nitrogen and oxygen atoms in total. The van der Waals surface area contributed by atoms with Crippen LogP contribution in [0.1, 0.15) is 16.7 Å². The monoisotopic (exact) mass is 262 g/mol. The van der Waals surface area contributed by atoms with Gasteiger partial charge in [0.1, 0.15) is 5.82 Å². The minimum Gasteiger partial charge on any atom is -0.270 e. The molecule has 0 N–H and O–H groups in total. The molecule has 0 saturated carbocycles. The van der Waals surface area contributed by atoms with E-state index in [1.165, 1.54) is 12.1 Å². The summed E-state index contributed by atoms with van der Waals surface area (Å²) in [5.74, 6) is 9.00. The maximum atomic E-state index is 13.3. The number of benzene rings is 2. The Morgan fingerprint density at radius 2 is 1.75 bits per heavy atom. The molecular formula is C18H11FO. The largest absolute Gasteiger partial charge is 0.279 e. The van der Waals surface area contributed by atoms with E-state index in [0.29, 0.717) is 0 Å². The van der Waals surface area contributed by atoms with Crippen LogP contribution >= 0.6 is 0 Å². The zero-order valence-corrected chi connectivity index (χ0v) is 10.9. The van der Waals surface area contributed by atoms with Crippen LogP contribution in [0.4, 0.5) is 4.39 Å². The molecule has 2 heteroatoms. The fourth-order valence-electron chi connectivity index (χ4n) is 1.57. The van der Waals surface area contributed by atoms with Crippen molar-refractivity contribution in [2.24, 2.45) is 0 Å². The Balaban J connectivity index is 2.14. The highest BCUT2D eigenvalue weighted by atomic mass is 19.1. The highest BCUT2D eigenvalue weighted by molar-refractivity contribution is 6.09. The van der Waals surface area contributed by atoms with Crippen molar-refractivity contribution in [3.8, 4) is 23.7 Å². The molecule has 0 amide bonds. The zero-order valence-electron chi connectivity index (χ0n) is 10.9. The average molecular weight is 262 g/mol. The van der Waals surface area contributed by atoms with Crippen molar-refractivity contribution in [1.29, 1.82) is 0 Å². The summed E-state index contributed by atoms with van der Waals surface area (Å²) in [7, 11) is 0. The van der Waals surface area contributed by atoms with Crippen LogP contribution in [0, 0.1) is 36.4 Å². The number of hydrogen-bond donors (Lipinski definition) is 0. The maximum absolute atomic E-state index is 13.3. The van der Waals surface area contributed by atoms with Crippen LogP contribution in [0.3, 0.4) is 0 Å². The highest BCUT2D eigenvalue weighted by Crippen LogP contribution is 2.03. The van der Waals surface area contributed by atoms with Crippen molar-refractivity contribution in [2.45, 2.75) is 6.92 Å². The van der Waals surface area contributed by atoms with Gasteiger partial charge in [0.15, 0.2) is 0 Å². The van der Waals surface area contributed by atoms with Crippen molar-refractivity contribution in [3.63, 3.8) is 0 Å². The second kappa shape index (κ2) is 6.36. The van der Waals surface area contributed by atoms with Gasteiger partial charge in [0.25, 0.3) is 5.78 Å². The summed E-state index contributed by atoms with van der Waals surface area (Å²) in [4.78, 5) is 11.5. The van der Waals surface area contributed by atoms with Gasteiger partial charge in [-0.1, -0.05) is 36.1 Å². The van der Waals surface area contributed by atoms with Crippen LogP contribution in [-0.2, 0) is 4.79 Å². The van der Waals surface area contributed by atoms with Gasteiger partial charge < -0.3 is 0 Å². The van der Waals surface area contributed by atoms with Gasteiger partial charge in [0.05, 0.1) is 5.56 Å². The van der Waals surface area contributed by atoms with Crippen molar-refractivity contribution in [1.82, 2.24) is 0 Å². The van der Waals surface area contributed by atoms with E-state index in [4.69, 9.17) is 0 Å². The number of rotatable bonds is 0. The molecule has 0 heterocycles. The number of Topliss-reactive ketones (excluding diaryl/α,β-unsaturated/α-hetero) is 1. The number of aryl methyl sites for hydroxylation is 1. The second-order valence-electron chi connectivity index (χ2n) is 4.18. The Morgan fingerprint density at radius 1 is 1.00 bits per heavy atom. The van der Waals surface area contributed by atoms with Gasteiger partial charge >= 0.3 is 0 Å². The Hall–Kier alpha value is -2.84. The molecule has 0 aliphatic rings. The third kappa shape index (κ3) is 3.83. The lowest BCUT2D eigenvalue weighted by Crippen LogP contribution is -1.89. The van der Waals surface area contributed by atoms with E-state index in [0.717, 1.165) is 11.1 Å². The summed E-state index contributed by atoms with van der Waals surface area (Å²) in [5, 5.41) is 0. The molecule has 2 rings (SSSR count). The topological polar surface area (TPSA) is 17.1 Å². The summed E-state index contributed by atoms with van der Waals surface area (Å²) in [6.07, 6.45) is 0. The van der Waals surface area contributed by atoms with Crippen molar-refractivity contribution < 1.29 is 9.18 Å². The van der Waals surface area contributed by atoms with E-state index < -0.39 is 11.6 Å². The van der Waals surface area contributed by atoms with Gasteiger partial charge in [0, 0.05) is 5.56 Å². The molecular weight excluding hydrogens is 251 g/mol. The summed E-state index contributed by atoms with van der Waals surface area (Å²) >= 11 is 0. The van der Waals surface area contributed by atoms with Crippen molar-refractivity contribution >= 4 is 5.78 Å². The first-order valence-electron chi connectivity index (χ1n) is 6.04. The number of halogens is 1. The van der Waals surface area contributed by atoms with Crippen LogP contribution in [0.5, 0.6) is 0 Å². The predicted octanol–water partition coefficient (Wildman–Crippen LogP) is 3.11. The summed E-state index contributed by atoms with van der Waals surface area (Å²) in [5.41, 5.74) is 2.02. The second-order valence-corrected chi connectivity index (χ2v) is 4.18. The average Bonchev–Trinajstić information content (AvgIpc) is 2.44. The van der Waals surface area contributed by atoms with Crippen LogP contribution in [0.15, 0.2) is 48.5 Å². The van der Waals surface area contributed by atoms with E-state index in [2.05, 4.69) is 23.7 Å². The number of ketones is 1. The molecule has 0 unspecified atom stereocenters. The molecule has 0 fully saturated rings. The lowest BCUT2D eigenvalue weighted by atomic mass is 10.1. The SMILES string of the molecule is Cc1cccc(C#CC(=O)C#Cc2ccccc2F)c1. The minimum atomic E-state index is -0.533. The summed E-state index contributed by atoms with van der Waals surface area (Å²) in [6.45, 7) is 1.95. The molecule has 0 bridgehead atoms. The molecule has 2 aromatic rings. The van der Waals surface area contributed by atoms with Gasteiger partial charge in [-0.3, -0.25) is 4.79 Å². The van der Waals surface area contributed by atoms with Crippen molar-refractivity contribution in [2.75, 3.05) is 0 Å². The van der Waals surface area contributed by atoms with Crippen LogP contribution < -0.4 is 0 Å². The molecule has 0 aromatic heterocycles. The van der Waals surface area contributed by atoms with Gasteiger partial charge in [-0.25, -0.2) is 4.39 Å². The zero-order chi connectivity index (χ0) is 14.4. The van der Waals surface area contributed by atoms with Gasteiger partial charge in [-0.15, -0.1) is 0 Å². The maximum Gasteiger partial charge on any atom is 0.279 e. The summed E-state index contributed by atoms with van der Waals surface area (Å²) in [6, 6.07) is 13.6. The first-order valence-corrected chi connectivity index (χ1v) is 6.04. The molecule has 96 valence electrons. The lowest BCUT2D eigenvalue weighted by molar-refractivity contribution is -0.108. The van der Waals surface area contributed by atoms with Crippen LogP contribution in [0.25, 0.3) is 0 Å². The standard InChI is InChI=1S/C18H11FO/c1-14-5-4-6-15(13-14)9-11-17(20)12-10-16-7-2-3-8-18(16)19/h2-8,13H,1H3. The smallest absolute Gasteiger partial charge is 0.270 e. The number of carbonyl (C=O) groups excluding carboxylic acids is 1. The fourth-order valence-corrected chi connectivity index (χ4v) is 1.57. The van der Waals surface area contributed by atoms with E-state index in [-0.39, 0.29) is 5.56 Å². The Kier molecular flexibility index (Phi) is 4.32. The first kappa shape index (κ1) is 13.6. The van der Waals surface area contributed by atoms with E-state index >= 15 is 0 Å².